The highest BCUT2D eigenvalue weighted by Gasteiger charge is 2.33. The van der Waals surface area contributed by atoms with E-state index >= 15 is 0 Å². The number of allylic oxidation sites excluding steroid dienone is 2. The maximum absolute atomic E-state index is 11.5. The van der Waals surface area contributed by atoms with Crippen molar-refractivity contribution in [2.45, 2.75) is 6.10 Å². The van der Waals surface area contributed by atoms with E-state index in [2.05, 4.69) is 4.74 Å². The first-order chi connectivity index (χ1) is 10.2. The van der Waals surface area contributed by atoms with Gasteiger partial charge in [0, 0.05) is 11.9 Å². The zero-order chi connectivity index (χ0) is 14.8. The molecule has 21 heavy (non-hydrogen) atoms. The van der Waals surface area contributed by atoms with E-state index in [9.17, 15) is 4.79 Å². The standard InChI is InChI=1S/C15H14N2O4/c1-19-15(18)14-9-12-13(20-14)3-2-8-17(12)21-11-6-4-10(16)5-7-11/h2-9,14H,16H2,1H3. The first-order valence-corrected chi connectivity index (χ1v) is 6.35. The number of ether oxygens (including phenoxy) is 2. The Balaban J connectivity index is 1.80. The molecule has 0 fully saturated rings. The molecule has 0 radical (unpaired) electrons. The molecule has 2 heterocycles. The number of hydrogen-bond acceptors (Lipinski definition) is 6. The second-order valence-corrected chi connectivity index (χ2v) is 4.47. The van der Waals surface area contributed by atoms with Gasteiger partial charge in [-0.15, -0.1) is 0 Å². The molecular weight excluding hydrogens is 272 g/mol. The van der Waals surface area contributed by atoms with Gasteiger partial charge in [-0.2, -0.15) is 5.06 Å². The number of carbonyl (C=O) groups excluding carboxylic acids is 1. The van der Waals surface area contributed by atoms with Gasteiger partial charge in [-0.3, -0.25) is 0 Å². The minimum atomic E-state index is -0.756. The van der Waals surface area contributed by atoms with Crippen molar-refractivity contribution in [3.63, 3.8) is 0 Å². The van der Waals surface area contributed by atoms with E-state index in [-0.39, 0.29) is 0 Å². The van der Waals surface area contributed by atoms with E-state index in [0.717, 1.165) is 0 Å². The average molecular weight is 286 g/mol. The van der Waals surface area contributed by atoms with Crippen LogP contribution in [0.4, 0.5) is 5.69 Å². The molecule has 1 atom stereocenters. The molecule has 2 aliphatic rings. The van der Waals surface area contributed by atoms with Crippen molar-refractivity contribution in [2.24, 2.45) is 0 Å². The molecule has 0 spiro atoms. The van der Waals surface area contributed by atoms with Gasteiger partial charge in [0.1, 0.15) is 11.5 Å². The second-order valence-electron chi connectivity index (χ2n) is 4.47. The summed E-state index contributed by atoms with van der Waals surface area (Å²) >= 11 is 0. The summed E-state index contributed by atoms with van der Waals surface area (Å²) in [6.07, 6.45) is 6.16. The molecule has 1 aromatic carbocycles. The number of benzene rings is 1. The average Bonchev–Trinajstić information content (AvgIpc) is 2.94. The Kier molecular flexibility index (Phi) is 3.27. The number of fused-ring (bicyclic) bond motifs is 1. The van der Waals surface area contributed by atoms with E-state index in [0.29, 0.717) is 22.9 Å². The summed E-state index contributed by atoms with van der Waals surface area (Å²) in [4.78, 5) is 17.3. The van der Waals surface area contributed by atoms with Crippen LogP contribution in [0.5, 0.6) is 5.75 Å². The van der Waals surface area contributed by atoms with Gasteiger partial charge in [-0.05, 0) is 42.5 Å². The Bertz CT molecular complexity index is 646. The Hall–Kier alpha value is -2.89. The number of esters is 1. The van der Waals surface area contributed by atoms with Crippen molar-refractivity contribution in [3.8, 4) is 5.75 Å². The van der Waals surface area contributed by atoms with Crippen LogP contribution >= 0.6 is 0 Å². The number of methoxy groups -OCH3 is 1. The van der Waals surface area contributed by atoms with Gasteiger partial charge >= 0.3 is 5.97 Å². The van der Waals surface area contributed by atoms with E-state index in [1.807, 2.05) is 0 Å². The molecule has 0 aliphatic carbocycles. The predicted octanol–water partition coefficient (Wildman–Crippen LogP) is 1.73. The van der Waals surface area contributed by atoms with Crippen molar-refractivity contribution in [1.29, 1.82) is 0 Å². The second kappa shape index (κ2) is 5.24. The topological polar surface area (TPSA) is 74.0 Å². The van der Waals surface area contributed by atoms with Crippen molar-refractivity contribution in [2.75, 3.05) is 12.8 Å². The molecule has 0 aromatic heterocycles. The van der Waals surface area contributed by atoms with Gasteiger partial charge < -0.3 is 20.0 Å². The number of nitrogen functional groups attached to an aromatic ring is 1. The SMILES string of the molecule is COC(=O)C1C=C2C(=CC=CN2Oc2ccc(N)cc2)O1. The van der Waals surface area contributed by atoms with Crippen molar-refractivity contribution in [3.05, 3.63) is 60.1 Å². The van der Waals surface area contributed by atoms with Crippen LogP contribution in [-0.2, 0) is 14.3 Å². The molecular formula is C15H14N2O4. The lowest BCUT2D eigenvalue weighted by atomic mass is 10.2. The van der Waals surface area contributed by atoms with Crippen molar-refractivity contribution in [1.82, 2.24) is 5.06 Å². The first-order valence-electron chi connectivity index (χ1n) is 6.35. The fourth-order valence-corrected chi connectivity index (χ4v) is 2.01. The number of nitrogens with two attached hydrogens (primary N) is 1. The van der Waals surface area contributed by atoms with E-state index in [4.69, 9.17) is 15.3 Å². The molecule has 108 valence electrons. The molecule has 1 unspecified atom stereocenters. The third kappa shape index (κ3) is 2.55. The monoisotopic (exact) mass is 286 g/mol. The fraction of sp³-hybridized carbons (Fsp3) is 0.133. The molecule has 2 N–H and O–H groups in total. The molecule has 3 rings (SSSR count). The lowest BCUT2D eigenvalue weighted by Gasteiger charge is -2.23. The van der Waals surface area contributed by atoms with Crippen molar-refractivity contribution < 1.29 is 19.1 Å². The summed E-state index contributed by atoms with van der Waals surface area (Å²) in [5, 5.41) is 1.53. The minimum absolute atomic E-state index is 0.453. The first kappa shape index (κ1) is 13.1. The number of carbonyl (C=O) groups is 1. The fourth-order valence-electron chi connectivity index (χ4n) is 2.01. The van der Waals surface area contributed by atoms with Gasteiger partial charge in [-0.1, -0.05) is 0 Å². The maximum Gasteiger partial charge on any atom is 0.351 e. The van der Waals surface area contributed by atoms with Gasteiger partial charge in [0.25, 0.3) is 0 Å². The van der Waals surface area contributed by atoms with Crippen LogP contribution in [-0.4, -0.2) is 24.2 Å². The minimum Gasteiger partial charge on any atom is -0.472 e. The van der Waals surface area contributed by atoms with Crippen LogP contribution in [0.2, 0.25) is 0 Å². The Labute approximate surface area is 121 Å². The number of hydrogen-bond donors (Lipinski definition) is 1. The highest BCUT2D eigenvalue weighted by molar-refractivity contribution is 5.78. The quantitative estimate of drug-likeness (QED) is 0.674. The molecule has 0 amide bonds. The summed E-state index contributed by atoms with van der Waals surface area (Å²) in [6.45, 7) is 0. The van der Waals surface area contributed by atoms with E-state index < -0.39 is 12.1 Å². The summed E-state index contributed by atoms with van der Waals surface area (Å²) in [7, 11) is 1.32. The van der Waals surface area contributed by atoms with Crippen molar-refractivity contribution >= 4 is 11.7 Å². The molecule has 1 aromatic rings. The molecule has 6 nitrogen and oxygen atoms in total. The maximum atomic E-state index is 11.5. The zero-order valence-electron chi connectivity index (χ0n) is 11.4. The summed E-state index contributed by atoms with van der Waals surface area (Å²) in [5.74, 6) is 0.728. The normalized spacial score (nSPS) is 19.3. The van der Waals surface area contributed by atoms with Gasteiger partial charge in [0.05, 0.1) is 7.11 Å². The Morgan fingerprint density at radius 2 is 2.10 bits per heavy atom. The van der Waals surface area contributed by atoms with Crippen LogP contribution in [0.25, 0.3) is 0 Å². The third-order valence-corrected chi connectivity index (χ3v) is 3.04. The Morgan fingerprint density at radius 3 is 2.81 bits per heavy atom. The van der Waals surface area contributed by atoms with Gasteiger partial charge in [0.2, 0.25) is 6.10 Å². The highest BCUT2D eigenvalue weighted by atomic mass is 16.7. The number of anilines is 1. The number of nitrogens with zero attached hydrogens (tertiary/aromatic N) is 1. The van der Waals surface area contributed by atoms with Crippen LogP contribution in [0.3, 0.4) is 0 Å². The lowest BCUT2D eigenvalue weighted by molar-refractivity contribution is -0.148. The number of rotatable bonds is 3. The number of hydroxylamine groups is 2. The van der Waals surface area contributed by atoms with Crippen LogP contribution in [0.1, 0.15) is 0 Å². The molecule has 0 saturated carbocycles. The summed E-state index contributed by atoms with van der Waals surface area (Å²) in [5.41, 5.74) is 6.95. The largest absolute Gasteiger partial charge is 0.472 e. The summed E-state index contributed by atoms with van der Waals surface area (Å²) in [6, 6.07) is 7.01. The molecule has 0 saturated heterocycles. The zero-order valence-corrected chi connectivity index (χ0v) is 11.4. The highest BCUT2D eigenvalue weighted by Crippen LogP contribution is 2.31. The lowest BCUT2D eigenvalue weighted by Crippen LogP contribution is -2.22. The smallest absolute Gasteiger partial charge is 0.351 e. The molecule has 6 heteroatoms. The molecule has 0 bridgehead atoms. The van der Waals surface area contributed by atoms with Gasteiger partial charge in [0.15, 0.2) is 5.75 Å². The van der Waals surface area contributed by atoms with E-state index in [1.54, 1.807) is 48.7 Å². The third-order valence-electron chi connectivity index (χ3n) is 3.04. The molecule has 2 aliphatic heterocycles. The van der Waals surface area contributed by atoms with Crippen LogP contribution < -0.4 is 10.6 Å². The predicted molar refractivity (Wildman–Crippen MR) is 75.5 cm³/mol. The van der Waals surface area contributed by atoms with Crippen LogP contribution in [0, 0.1) is 0 Å². The van der Waals surface area contributed by atoms with Gasteiger partial charge in [-0.25, -0.2) is 4.79 Å². The summed E-state index contributed by atoms with van der Waals surface area (Å²) < 4.78 is 10.2. The van der Waals surface area contributed by atoms with E-state index in [1.165, 1.54) is 12.2 Å². The Morgan fingerprint density at radius 1 is 1.33 bits per heavy atom. The van der Waals surface area contributed by atoms with Crippen LogP contribution in [0.15, 0.2) is 60.1 Å².